The van der Waals surface area contributed by atoms with Crippen molar-refractivity contribution >= 4 is 6.09 Å². The summed E-state index contributed by atoms with van der Waals surface area (Å²) in [5, 5.41) is 11.4. The van der Waals surface area contributed by atoms with E-state index < -0.39 is 6.09 Å². The van der Waals surface area contributed by atoms with Gasteiger partial charge in [0.05, 0.1) is 6.61 Å². The fourth-order valence-corrected chi connectivity index (χ4v) is 2.78. The summed E-state index contributed by atoms with van der Waals surface area (Å²) in [6.07, 6.45) is 4.23. The van der Waals surface area contributed by atoms with Crippen LogP contribution in [0, 0.1) is 5.92 Å². The summed E-state index contributed by atoms with van der Waals surface area (Å²) >= 11 is 0. The Labute approximate surface area is 109 Å². The molecule has 0 saturated heterocycles. The van der Waals surface area contributed by atoms with Gasteiger partial charge in [-0.05, 0) is 32.9 Å². The van der Waals surface area contributed by atoms with Crippen LogP contribution >= 0.6 is 0 Å². The second kappa shape index (κ2) is 6.95. The molecule has 0 aromatic heterocycles. The van der Waals surface area contributed by atoms with Crippen molar-refractivity contribution in [2.75, 3.05) is 33.9 Å². The summed E-state index contributed by atoms with van der Waals surface area (Å²) < 4.78 is 4.82. The molecule has 0 bridgehead atoms. The number of rotatable bonds is 5. The third-order valence-electron chi connectivity index (χ3n) is 3.90. The van der Waals surface area contributed by atoms with Gasteiger partial charge in [-0.1, -0.05) is 19.8 Å². The predicted molar refractivity (Wildman–Crippen MR) is 70.5 cm³/mol. The Morgan fingerprint density at radius 3 is 2.83 bits per heavy atom. The molecular weight excluding hydrogens is 232 g/mol. The van der Waals surface area contributed by atoms with Gasteiger partial charge in [-0.25, -0.2) is 4.79 Å². The molecule has 1 fully saturated rings. The van der Waals surface area contributed by atoms with Crippen LogP contribution in [0.5, 0.6) is 0 Å². The molecule has 0 spiro atoms. The lowest BCUT2D eigenvalue weighted by atomic mass is 9.75. The number of likely N-dealkylation sites (N-methyl/N-ethyl adjacent to an activating group) is 1. The van der Waals surface area contributed by atoms with Crippen molar-refractivity contribution in [3.63, 3.8) is 0 Å². The summed E-state index contributed by atoms with van der Waals surface area (Å²) in [4.78, 5) is 13.6. The van der Waals surface area contributed by atoms with E-state index in [9.17, 15) is 4.79 Å². The Morgan fingerprint density at radius 1 is 1.56 bits per heavy atom. The first-order chi connectivity index (χ1) is 8.50. The third kappa shape index (κ3) is 4.14. The van der Waals surface area contributed by atoms with Crippen molar-refractivity contribution in [2.45, 2.75) is 38.1 Å². The van der Waals surface area contributed by atoms with Gasteiger partial charge in [0.25, 0.3) is 0 Å². The number of ether oxygens (including phenoxy) is 1. The Kier molecular flexibility index (Phi) is 5.88. The molecule has 106 valence electrons. The molecule has 0 heterocycles. The number of carbonyl (C=O) groups excluding carboxylic acids is 1. The van der Waals surface area contributed by atoms with E-state index in [-0.39, 0.29) is 18.8 Å². The average Bonchev–Trinajstić information content (AvgIpc) is 2.33. The van der Waals surface area contributed by atoms with Gasteiger partial charge in [-0.2, -0.15) is 0 Å². The van der Waals surface area contributed by atoms with Crippen LogP contribution in [0.2, 0.25) is 0 Å². The first-order valence-corrected chi connectivity index (χ1v) is 6.69. The Hall–Kier alpha value is -0.810. The zero-order chi connectivity index (χ0) is 13.6. The summed E-state index contributed by atoms with van der Waals surface area (Å²) in [6, 6.07) is 0. The van der Waals surface area contributed by atoms with Gasteiger partial charge in [0.2, 0.25) is 0 Å². The van der Waals surface area contributed by atoms with E-state index in [0.717, 1.165) is 12.8 Å². The van der Waals surface area contributed by atoms with Crippen molar-refractivity contribution in [1.82, 2.24) is 10.2 Å². The normalized spacial score (nSPS) is 28.2. The Bertz CT molecular complexity index is 271. The average molecular weight is 258 g/mol. The zero-order valence-electron chi connectivity index (χ0n) is 11.7. The third-order valence-corrected chi connectivity index (χ3v) is 3.90. The maximum absolute atomic E-state index is 11.4. The van der Waals surface area contributed by atoms with Crippen molar-refractivity contribution in [1.29, 1.82) is 0 Å². The van der Waals surface area contributed by atoms with Crippen LogP contribution in [0.4, 0.5) is 4.79 Å². The quantitative estimate of drug-likeness (QED) is 0.778. The van der Waals surface area contributed by atoms with Gasteiger partial charge in [0.1, 0.15) is 6.61 Å². The second-order valence-electron chi connectivity index (χ2n) is 5.53. The molecule has 1 amide bonds. The molecule has 1 aliphatic carbocycles. The molecule has 0 aromatic carbocycles. The molecule has 1 aliphatic rings. The van der Waals surface area contributed by atoms with E-state index in [1.54, 1.807) is 0 Å². The minimum Gasteiger partial charge on any atom is -0.447 e. The van der Waals surface area contributed by atoms with Crippen LogP contribution in [0.25, 0.3) is 0 Å². The van der Waals surface area contributed by atoms with E-state index in [4.69, 9.17) is 9.84 Å². The molecule has 0 aliphatic heterocycles. The monoisotopic (exact) mass is 258 g/mol. The molecule has 2 unspecified atom stereocenters. The minimum atomic E-state index is -0.441. The fourth-order valence-electron chi connectivity index (χ4n) is 2.78. The number of alkyl carbamates (subject to hydrolysis) is 1. The van der Waals surface area contributed by atoms with Gasteiger partial charge in [0, 0.05) is 12.1 Å². The summed E-state index contributed by atoms with van der Waals surface area (Å²) in [6.45, 7) is 2.79. The summed E-state index contributed by atoms with van der Waals surface area (Å²) in [5.41, 5.74) is 0.0376. The van der Waals surface area contributed by atoms with Crippen LogP contribution in [0.1, 0.15) is 32.6 Å². The Balaban J connectivity index is 2.50. The number of aliphatic hydroxyl groups excluding tert-OH is 1. The minimum absolute atomic E-state index is 0.0376. The molecule has 5 heteroatoms. The first kappa shape index (κ1) is 15.2. The molecule has 2 N–H and O–H groups in total. The van der Waals surface area contributed by atoms with E-state index in [1.165, 1.54) is 12.8 Å². The molecule has 5 nitrogen and oxygen atoms in total. The highest BCUT2D eigenvalue weighted by atomic mass is 16.6. The number of aliphatic hydroxyl groups is 1. The van der Waals surface area contributed by atoms with Gasteiger partial charge in [-0.3, -0.25) is 0 Å². The van der Waals surface area contributed by atoms with Crippen LogP contribution in [0.15, 0.2) is 0 Å². The molecule has 18 heavy (non-hydrogen) atoms. The number of nitrogens with one attached hydrogen (secondary N) is 1. The highest BCUT2D eigenvalue weighted by molar-refractivity contribution is 5.67. The van der Waals surface area contributed by atoms with Gasteiger partial charge in [-0.15, -0.1) is 0 Å². The van der Waals surface area contributed by atoms with E-state index in [2.05, 4.69) is 31.2 Å². The van der Waals surface area contributed by atoms with Gasteiger partial charge >= 0.3 is 6.09 Å². The lowest BCUT2D eigenvalue weighted by Crippen LogP contribution is -2.55. The molecule has 2 atom stereocenters. The number of hydrogen-bond acceptors (Lipinski definition) is 4. The number of hydrogen-bond donors (Lipinski definition) is 2. The number of carbonyl (C=O) groups is 1. The molecule has 1 rings (SSSR count). The fraction of sp³-hybridized carbons (Fsp3) is 0.923. The van der Waals surface area contributed by atoms with Crippen LogP contribution < -0.4 is 5.32 Å². The van der Waals surface area contributed by atoms with Crippen LogP contribution in [-0.2, 0) is 4.74 Å². The largest absolute Gasteiger partial charge is 0.447 e. The molecule has 0 aromatic rings. The zero-order valence-corrected chi connectivity index (χ0v) is 11.7. The molecular formula is C13H26N2O3. The van der Waals surface area contributed by atoms with Crippen LogP contribution in [0.3, 0.4) is 0 Å². The predicted octanol–water partition coefficient (Wildman–Crippen LogP) is 1.22. The van der Waals surface area contributed by atoms with E-state index in [0.29, 0.717) is 12.5 Å². The topological polar surface area (TPSA) is 61.8 Å². The number of amides is 1. The van der Waals surface area contributed by atoms with Crippen molar-refractivity contribution in [3.8, 4) is 0 Å². The van der Waals surface area contributed by atoms with Crippen molar-refractivity contribution in [3.05, 3.63) is 0 Å². The highest BCUT2D eigenvalue weighted by Gasteiger charge is 2.37. The van der Waals surface area contributed by atoms with E-state index in [1.807, 2.05) is 0 Å². The molecule has 1 saturated carbocycles. The smallest absolute Gasteiger partial charge is 0.407 e. The summed E-state index contributed by atoms with van der Waals surface area (Å²) in [5.74, 6) is 0.691. The van der Waals surface area contributed by atoms with Gasteiger partial charge < -0.3 is 20.1 Å². The highest BCUT2D eigenvalue weighted by Crippen LogP contribution is 2.35. The second-order valence-corrected chi connectivity index (χ2v) is 5.53. The van der Waals surface area contributed by atoms with Gasteiger partial charge in [0.15, 0.2) is 0 Å². The maximum atomic E-state index is 11.4. The van der Waals surface area contributed by atoms with Crippen molar-refractivity contribution in [2.24, 2.45) is 5.92 Å². The maximum Gasteiger partial charge on any atom is 0.407 e. The molecule has 0 radical (unpaired) electrons. The standard InChI is InChI=1S/C13H26N2O3/c1-11-5-4-6-13(9-11,15(2)3)10-14-12(17)18-8-7-16/h11,16H,4-10H2,1-3H3,(H,14,17). The van der Waals surface area contributed by atoms with E-state index >= 15 is 0 Å². The first-order valence-electron chi connectivity index (χ1n) is 6.69. The number of nitrogens with zero attached hydrogens (tertiary/aromatic N) is 1. The lowest BCUT2D eigenvalue weighted by molar-refractivity contribution is 0.0683. The SMILES string of the molecule is CC1CCCC(CNC(=O)OCCO)(N(C)C)C1. The lowest BCUT2D eigenvalue weighted by Gasteiger charge is -2.45. The van der Waals surface area contributed by atoms with Crippen LogP contribution in [-0.4, -0.2) is 55.5 Å². The Morgan fingerprint density at radius 2 is 2.28 bits per heavy atom. The van der Waals surface area contributed by atoms with Crippen molar-refractivity contribution < 1.29 is 14.6 Å². The summed E-state index contributed by atoms with van der Waals surface area (Å²) in [7, 11) is 4.14.